The van der Waals surface area contributed by atoms with Crippen LogP contribution in [0.2, 0.25) is 0 Å². The summed E-state index contributed by atoms with van der Waals surface area (Å²) in [4.78, 5) is 0. The highest BCUT2D eigenvalue weighted by molar-refractivity contribution is 7.74. The van der Waals surface area contributed by atoms with Gasteiger partial charge in [0.2, 0.25) is 0 Å². The highest BCUT2D eigenvalue weighted by Crippen LogP contribution is 2.06. The number of hydrogen-bond donors (Lipinski definition) is 1. The van der Waals surface area contributed by atoms with Gasteiger partial charge in [-0.3, -0.25) is 4.55 Å². The zero-order valence-corrected chi connectivity index (χ0v) is 5.68. The van der Waals surface area contributed by atoms with Crippen LogP contribution < -0.4 is 4.18 Å². The normalized spacial score (nSPS) is 13.0. The van der Waals surface area contributed by atoms with Crippen molar-refractivity contribution < 1.29 is 12.9 Å². The molecule has 0 aromatic carbocycles. The summed E-state index contributed by atoms with van der Waals surface area (Å²) in [6.45, 7) is 0. The average Bonchev–Trinajstić information content (AvgIpc) is 2.15. The number of rotatable bonds is 2. The molecule has 1 atom stereocenters. The molecule has 1 N–H and O–H groups in total. The van der Waals surface area contributed by atoms with E-state index in [1.54, 1.807) is 0 Å². The molecule has 1 aromatic heterocycles. The van der Waals surface area contributed by atoms with Crippen LogP contribution in [0.25, 0.3) is 0 Å². The Labute approximate surface area is 57.3 Å². The molecule has 0 bridgehead atoms. The minimum atomic E-state index is -2.29. The van der Waals surface area contributed by atoms with Crippen molar-refractivity contribution in [2.45, 2.75) is 0 Å². The second-order valence-electron chi connectivity index (χ2n) is 1.04. The van der Waals surface area contributed by atoms with Crippen molar-refractivity contribution >= 4 is 22.9 Å². The summed E-state index contributed by atoms with van der Waals surface area (Å²) in [7, 11) is 0. The first-order valence-corrected chi connectivity index (χ1v) is 3.72. The van der Waals surface area contributed by atoms with Gasteiger partial charge in [-0.05, 0) is 11.5 Å². The lowest BCUT2D eigenvalue weighted by Crippen LogP contribution is -1.96. The molecule has 0 saturated carbocycles. The van der Waals surface area contributed by atoms with Gasteiger partial charge in [0.1, 0.15) is 0 Å². The largest absolute Gasteiger partial charge is 0.359 e. The van der Waals surface area contributed by atoms with E-state index >= 15 is 0 Å². The Balaban J connectivity index is 2.58. The minimum absolute atomic E-state index is 0.0702. The van der Waals surface area contributed by atoms with Gasteiger partial charge in [0, 0.05) is 0 Å². The van der Waals surface area contributed by atoms with Gasteiger partial charge >= 0.3 is 11.4 Å². The Morgan fingerprint density at radius 1 is 1.89 bits per heavy atom. The van der Waals surface area contributed by atoms with Gasteiger partial charge in [-0.1, -0.05) is 9.59 Å². The summed E-state index contributed by atoms with van der Waals surface area (Å²) < 4.78 is 25.6. The summed E-state index contributed by atoms with van der Waals surface area (Å²) in [5, 5.41) is 4.77. The van der Waals surface area contributed by atoms with Crippen LogP contribution in [0.1, 0.15) is 0 Å². The van der Waals surface area contributed by atoms with Crippen LogP contribution in [-0.2, 0) is 11.4 Å². The summed E-state index contributed by atoms with van der Waals surface area (Å²) in [6, 6.07) is 0. The fraction of sp³-hybridized carbons (Fsp3) is 0. The molecule has 1 aromatic rings. The predicted octanol–water partition coefficient (Wildman–Crippen LogP) is 0.0536. The molecule has 50 valence electrons. The monoisotopic (exact) mass is 166 g/mol. The third kappa shape index (κ3) is 2.04. The van der Waals surface area contributed by atoms with E-state index in [4.69, 9.17) is 4.55 Å². The molecular formula is C2H2N2O3S2. The highest BCUT2D eigenvalue weighted by atomic mass is 32.2. The smallest absolute Gasteiger partial charge is 0.357 e. The minimum Gasteiger partial charge on any atom is -0.357 e. The molecule has 0 saturated heterocycles. The zero-order chi connectivity index (χ0) is 6.69. The molecule has 5 nitrogen and oxygen atoms in total. The number of aromatic nitrogens is 2. The van der Waals surface area contributed by atoms with Gasteiger partial charge in [-0.15, -0.1) is 0 Å². The van der Waals surface area contributed by atoms with Crippen LogP contribution in [0, 0.1) is 0 Å². The van der Waals surface area contributed by atoms with Crippen LogP contribution in [0.5, 0.6) is 5.88 Å². The van der Waals surface area contributed by atoms with Gasteiger partial charge in [-0.25, -0.2) is 0 Å². The van der Waals surface area contributed by atoms with Crippen molar-refractivity contribution in [3.63, 3.8) is 0 Å². The molecule has 9 heavy (non-hydrogen) atoms. The Morgan fingerprint density at radius 2 is 2.67 bits per heavy atom. The van der Waals surface area contributed by atoms with Crippen molar-refractivity contribution in [2.24, 2.45) is 0 Å². The molecule has 1 rings (SSSR count). The van der Waals surface area contributed by atoms with Gasteiger partial charge in [0.05, 0.1) is 5.38 Å². The maximum absolute atomic E-state index is 9.89. The summed E-state index contributed by atoms with van der Waals surface area (Å²) in [6.07, 6.45) is 0. The third-order valence-corrected chi connectivity index (χ3v) is 1.29. The summed E-state index contributed by atoms with van der Waals surface area (Å²) >= 11 is -1.24. The summed E-state index contributed by atoms with van der Waals surface area (Å²) in [5.74, 6) is 0.0702. The zero-order valence-electron chi connectivity index (χ0n) is 4.05. The molecule has 1 unspecified atom stereocenters. The fourth-order valence-electron chi connectivity index (χ4n) is 0.265. The van der Waals surface area contributed by atoms with Crippen molar-refractivity contribution in [1.82, 2.24) is 9.59 Å². The third-order valence-electron chi connectivity index (χ3n) is 0.497. The van der Waals surface area contributed by atoms with Crippen LogP contribution in [0.4, 0.5) is 0 Å². The fourth-order valence-corrected chi connectivity index (χ4v) is 0.914. The molecule has 1 heterocycles. The molecule has 0 radical (unpaired) electrons. The Kier molecular flexibility index (Phi) is 2.09. The van der Waals surface area contributed by atoms with E-state index in [0.29, 0.717) is 0 Å². The number of hydrogen-bond acceptors (Lipinski definition) is 5. The molecule has 0 aliphatic rings. The highest BCUT2D eigenvalue weighted by Gasteiger charge is 1.98. The van der Waals surface area contributed by atoms with E-state index in [1.807, 2.05) is 0 Å². The maximum atomic E-state index is 9.89. The SMILES string of the molecule is O=S(O)Oc1csnn1. The predicted molar refractivity (Wildman–Crippen MR) is 31.3 cm³/mol. The van der Waals surface area contributed by atoms with E-state index in [2.05, 4.69) is 13.8 Å². The van der Waals surface area contributed by atoms with Gasteiger partial charge < -0.3 is 4.18 Å². The Morgan fingerprint density at radius 3 is 3.11 bits per heavy atom. The van der Waals surface area contributed by atoms with Crippen molar-refractivity contribution in [3.8, 4) is 5.88 Å². The molecule has 0 aliphatic carbocycles. The standard InChI is InChI=1S/C2H2N2O3S2/c5-9(6)7-2-1-8-4-3-2/h1H,(H,5,6). The topological polar surface area (TPSA) is 72.3 Å². The van der Waals surface area contributed by atoms with Crippen LogP contribution in [0.3, 0.4) is 0 Å². The van der Waals surface area contributed by atoms with Crippen molar-refractivity contribution in [3.05, 3.63) is 5.38 Å². The second-order valence-corrected chi connectivity index (χ2v) is 2.25. The van der Waals surface area contributed by atoms with Crippen LogP contribution in [0.15, 0.2) is 5.38 Å². The lowest BCUT2D eigenvalue weighted by molar-refractivity contribution is 0.449. The first-order valence-electron chi connectivity index (χ1n) is 1.85. The maximum Gasteiger partial charge on any atom is 0.359 e. The number of nitrogens with zero attached hydrogens (tertiary/aromatic N) is 2. The molecule has 0 spiro atoms. The lowest BCUT2D eigenvalue weighted by atomic mass is 10.9. The molecule has 0 aliphatic heterocycles. The van der Waals surface area contributed by atoms with Crippen molar-refractivity contribution in [2.75, 3.05) is 0 Å². The summed E-state index contributed by atoms with van der Waals surface area (Å²) in [5.41, 5.74) is 0. The Hall–Kier alpha value is -0.530. The van der Waals surface area contributed by atoms with E-state index in [1.165, 1.54) is 5.38 Å². The van der Waals surface area contributed by atoms with E-state index in [-0.39, 0.29) is 5.88 Å². The van der Waals surface area contributed by atoms with Crippen LogP contribution in [-0.4, -0.2) is 18.3 Å². The van der Waals surface area contributed by atoms with Gasteiger partial charge in [0.25, 0.3) is 5.88 Å². The molecular weight excluding hydrogens is 164 g/mol. The lowest BCUT2D eigenvalue weighted by Gasteiger charge is -1.88. The van der Waals surface area contributed by atoms with E-state index in [0.717, 1.165) is 11.5 Å². The molecule has 7 heteroatoms. The van der Waals surface area contributed by atoms with E-state index < -0.39 is 11.4 Å². The van der Waals surface area contributed by atoms with E-state index in [9.17, 15) is 4.21 Å². The van der Waals surface area contributed by atoms with Gasteiger partial charge in [0.15, 0.2) is 0 Å². The quantitative estimate of drug-likeness (QED) is 0.628. The van der Waals surface area contributed by atoms with Gasteiger partial charge in [-0.2, -0.15) is 4.21 Å². The molecule has 0 amide bonds. The second kappa shape index (κ2) is 2.85. The first-order chi connectivity index (χ1) is 4.29. The first kappa shape index (κ1) is 6.59. The molecule has 0 fully saturated rings. The van der Waals surface area contributed by atoms with Crippen LogP contribution >= 0.6 is 11.5 Å². The van der Waals surface area contributed by atoms with Crippen molar-refractivity contribution in [1.29, 1.82) is 0 Å². The Bertz CT molecular complexity index is 198. The average molecular weight is 166 g/mol.